The van der Waals surface area contributed by atoms with Crippen molar-refractivity contribution >= 4 is 0 Å². The predicted molar refractivity (Wildman–Crippen MR) is 47.9 cm³/mol. The molecule has 0 spiro atoms. The summed E-state index contributed by atoms with van der Waals surface area (Å²) in [4.78, 5) is 0. The van der Waals surface area contributed by atoms with Gasteiger partial charge in [-0.1, -0.05) is 0 Å². The van der Waals surface area contributed by atoms with E-state index >= 15 is 0 Å². The van der Waals surface area contributed by atoms with Crippen LogP contribution in [0, 0.1) is 5.92 Å². The smallest absolute Gasteiger partial charge is 0.0595 e. The number of nitrogens with one attached hydrogen (secondary N) is 1. The van der Waals surface area contributed by atoms with Crippen molar-refractivity contribution in [3.8, 4) is 0 Å². The highest BCUT2D eigenvalue weighted by Crippen LogP contribution is 2.25. The third kappa shape index (κ3) is 2.73. The standard InChI is InChI=1S/C9H19NO2/c1-9(2,12)5-7-3-4-10-8(7)6-11/h7-8,10-12H,3-6H2,1-2H3. The first-order valence-electron chi connectivity index (χ1n) is 4.59. The zero-order valence-corrected chi connectivity index (χ0v) is 7.88. The summed E-state index contributed by atoms with van der Waals surface area (Å²) in [6.45, 7) is 4.78. The van der Waals surface area contributed by atoms with Crippen LogP contribution in [0.5, 0.6) is 0 Å². The quantitative estimate of drug-likeness (QED) is 0.568. The third-order valence-corrected chi connectivity index (χ3v) is 2.45. The van der Waals surface area contributed by atoms with E-state index in [0.717, 1.165) is 19.4 Å². The molecule has 1 saturated heterocycles. The highest BCUT2D eigenvalue weighted by atomic mass is 16.3. The van der Waals surface area contributed by atoms with Gasteiger partial charge in [-0.3, -0.25) is 0 Å². The number of aliphatic hydroxyl groups excluding tert-OH is 1. The van der Waals surface area contributed by atoms with Crippen LogP contribution in [-0.4, -0.2) is 35.0 Å². The van der Waals surface area contributed by atoms with Gasteiger partial charge in [-0.05, 0) is 39.2 Å². The number of hydrogen-bond donors (Lipinski definition) is 3. The van der Waals surface area contributed by atoms with Crippen LogP contribution in [0.4, 0.5) is 0 Å². The normalized spacial score (nSPS) is 31.0. The van der Waals surface area contributed by atoms with E-state index in [-0.39, 0.29) is 12.6 Å². The minimum Gasteiger partial charge on any atom is -0.395 e. The molecule has 0 amide bonds. The van der Waals surface area contributed by atoms with Gasteiger partial charge in [-0.15, -0.1) is 0 Å². The average Bonchev–Trinajstić information content (AvgIpc) is 2.31. The molecule has 12 heavy (non-hydrogen) atoms. The van der Waals surface area contributed by atoms with Crippen LogP contribution in [-0.2, 0) is 0 Å². The molecule has 0 aromatic rings. The summed E-state index contributed by atoms with van der Waals surface area (Å²) in [6.07, 6.45) is 1.83. The molecule has 0 radical (unpaired) electrons. The lowest BCUT2D eigenvalue weighted by atomic mass is 9.88. The van der Waals surface area contributed by atoms with Gasteiger partial charge in [-0.2, -0.15) is 0 Å². The van der Waals surface area contributed by atoms with Crippen molar-refractivity contribution in [2.75, 3.05) is 13.2 Å². The lowest BCUT2D eigenvalue weighted by Crippen LogP contribution is -2.34. The van der Waals surface area contributed by atoms with Crippen molar-refractivity contribution in [2.24, 2.45) is 5.92 Å². The summed E-state index contributed by atoms with van der Waals surface area (Å²) in [6, 6.07) is 0.191. The van der Waals surface area contributed by atoms with E-state index in [2.05, 4.69) is 5.32 Å². The fraction of sp³-hybridized carbons (Fsp3) is 1.00. The lowest BCUT2D eigenvalue weighted by molar-refractivity contribution is 0.0463. The van der Waals surface area contributed by atoms with Gasteiger partial charge in [0.15, 0.2) is 0 Å². The second kappa shape index (κ2) is 3.73. The fourth-order valence-electron chi connectivity index (χ4n) is 1.92. The summed E-state index contributed by atoms with van der Waals surface area (Å²) >= 11 is 0. The van der Waals surface area contributed by atoms with Gasteiger partial charge >= 0.3 is 0 Å². The van der Waals surface area contributed by atoms with Crippen LogP contribution in [0.1, 0.15) is 26.7 Å². The molecule has 3 N–H and O–H groups in total. The van der Waals surface area contributed by atoms with Gasteiger partial charge in [0, 0.05) is 6.04 Å². The maximum absolute atomic E-state index is 9.58. The van der Waals surface area contributed by atoms with Crippen LogP contribution < -0.4 is 5.32 Å². The van der Waals surface area contributed by atoms with Crippen molar-refractivity contribution in [1.29, 1.82) is 0 Å². The summed E-state index contributed by atoms with van der Waals surface area (Å²) in [5.74, 6) is 0.426. The van der Waals surface area contributed by atoms with Gasteiger partial charge in [0.25, 0.3) is 0 Å². The zero-order valence-electron chi connectivity index (χ0n) is 7.88. The van der Waals surface area contributed by atoms with E-state index < -0.39 is 5.60 Å². The van der Waals surface area contributed by atoms with E-state index in [1.807, 2.05) is 13.8 Å². The summed E-state index contributed by atoms with van der Waals surface area (Å²) < 4.78 is 0. The molecule has 0 aromatic heterocycles. The first-order chi connectivity index (χ1) is 5.53. The molecular weight excluding hydrogens is 154 g/mol. The maximum atomic E-state index is 9.58. The molecule has 2 atom stereocenters. The van der Waals surface area contributed by atoms with Gasteiger partial charge in [0.1, 0.15) is 0 Å². The number of hydrogen-bond acceptors (Lipinski definition) is 3. The topological polar surface area (TPSA) is 52.5 Å². The van der Waals surface area contributed by atoms with Crippen LogP contribution >= 0.6 is 0 Å². The largest absolute Gasteiger partial charge is 0.395 e. The Morgan fingerprint density at radius 3 is 2.67 bits per heavy atom. The molecule has 2 unspecified atom stereocenters. The van der Waals surface area contributed by atoms with E-state index in [9.17, 15) is 5.11 Å². The first-order valence-corrected chi connectivity index (χ1v) is 4.59. The van der Waals surface area contributed by atoms with Crippen molar-refractivity contribution in [3.05, 3.63) is 0 Å². The second-order valence-electron chi connectivity index (χ2n) is 4.31. The van der Waals surface area contributed by atoms with Crippen molar-refractivity contribution in [3.63, 3.8) is 0 Å². The molecule has 0 saturated carbocycles. The molecule has 72 valence electrons. The van der Waals surface area contributed by atoms with Crippen LogP contribution in [0.3, 0.4) is 0 Å². The minimum atomic E-state index is -0.607. The van der Waals surface area contributed by atoms with Gasteiger partial charge in [-0.25, -0.2) is 0 Å². The monoisotopic (exact) mass is 173 g/mol. The Morgan fingerprint density at radius 1 is 1.50 bits per heavy atom. The molecule has 1 fully saturated rings. The highest BCUT2D eigenvalue weighted by Gasteiger charge is 2.30. The Labute approximate surface area is 73.8 Å². The maximum Gasteiger partial charge on any atom is 0.0595 e. The van der Waals surface area contributed by atoms with Gasteiger partial charge in [0.05, 0.1) is 12.2 Å². The fourth-order valence-corrected chi connectivity index (χ4v) is 1.92. The molecule has 0 aromatic carbocycles. The summed E-state index contributed by atoms with van der Waals surface area (Å²) in [7, 11) is 0. The molecule has 0 bridgehead atoms. The van der Waals surface area contributed by atoms with Gasteiger partial charge < -0.3 is 15.5 Å². The Kier molecular flexibility index (Phi) is 3.09. The molecule has 0 aliphatic carbocycles. The average molecular weight is 173 g/mol. The zero-order chi connectivity index (χ0) is 9.19. The summed E-state index contributed by atoms with van der Waals surface area (Å²) in [5, 5.41) is 21.8. The van der Waals surface area contributed by atoms with Crippen molar-refractivity contribution < 1.29 is 10.2 Å². The van der Waals surface area contributed by atoms with Crippen LogP contribution in [0.2, 0.25) is 0 Å². The van der Waals surface area contributed by atoms with Crippen molar-refractivity contribution in [2.45, 2.75) is 38.3 Å². The first kappa shape index (κ1) is 9.96. The highest BCUT2D eigenvalue weighted by molar-refractivity contribution is 4.86. The Morgan fingerprint density at radius 2 is 2.17 bits per heavy atom. The number of aliphatic hydroxyl groups is 2. The third-order valence-electron chi connectivity index (χ3n) is 2.45. The van der Waals surface area contributed by atoms with E-state index in [0.29, 0.717) is 5.92 Å². The summed E-state index contributed by atoms with van der Waals surface area (Å²) in [5.41, 5.74) is -0.607. The number of rotatable bonds is 3. The Balaban J connectivity index is 2.41. The molecule has 3 nitrogen and oxygen atoms in total. The Hall–Kier alpha value is -0.120. The molecule has 1 heterocycles. The van der Waals surface area contributed by atoms with E-state index in [4.69, 9.17) is 5.11 Å². The van der Waals surface area contributed by atoms with Crippen LogP contribution in [0.25, 0.3) is 0 Å². The van der Waals surface area contributed by atoms with E-state index in [1.165, 1.54) is 0 Å². The minimum absolute atomic E-state index is 0.181. The molecule has 1 aliphatic heterocycles. The predicted octanol–water partition coefficient (Wildman–Crippen LogP) is 0.118. The van der Waals surface area contributed by atoms with Gasteiger partial charge in [0.2, 0.25) is 0 Å². The lowest BCUT2D eigenvalue weighted by Gasteiger charge is -2.25. The SMILES string of the molecule is CC(C)(O)CC1CCNC1CO. The van der Waals surface area contributed by atoms with E-state index in [1.54, 1.807) is 0 Å². The molecule has 1 rings (SSSR count). The molecular formula is C9H19NO2. The van der Waals surface area contributed by atoms with Crippen LogP contribution in [0.15, 0.2) is 0 Å². The molecule has 1 aliphatic rings. The Bertz CT molecular complexity index is 142. The second-order valence-corrected chi connectivity index (χ2v) is 4.31. The van der Waals surface area contributed by atoms with Crippen molar-refractivity contribution in [1.82, 2.24) is 5.32 Å². The molecule has 3 heteroatoms.